The van der Waals surface area contributed by atoms with Crippen molar-refractivity contribution < 1.29 is 14.6 Å². The summed E-state index contributed by atoms with van der Waals surface area (Å²) < 4.78 is 5.31. The molecule has 0 bridgehead atoms. The maximum absolute atomic E-state index is 13.7. The molecule has 0 saturated carbocycles. The maximum Gasteiger partial charge on any atom is 0.254 e. The largest absolute Gasteiger partial charge is 0.497 e. The molecule has 1 aliphatic rings. The summed E-state index contributed by atoms with van der Waals surface area (Å²) in [6.45, 7) is 0.0199. The van der Waals surface area contributed by atoms with Crippen LogP contribution in [0, 0.1) is 0 Å². The van der Waals surface area contributed by atoms with Crippen molar-refractivity contribution in [3.05, 3.63) is 101 Å². The fraction of sp³-hybridized carbons (Fsp3) is 0.269. The second-order valence-corrected chi connectivity index (χ2v) is 7.71. The number of carbonyl (C=O) groups is 1. The first-order valence-electron chi connectivity index (χ1n) is 10.4. The van der Waals surface area contributed by atoms with Gasteiger partial charge in [0.15, 0.2) is 0 Å². The summed E-state index contributed by atoms with van der Waals surface area (Å²) in [6.07, 6.45) is 2.89. The number of benzene rings is 3. The van der Waals surface area contributed by atoms with Crippen molar-refractivity contribution in [1.29, 1.82) is 0 Å². The lowest BCUT2D eigenvalue weighted by Gasteiger charge is -2.43. The van der Waals surface area contributed by atoms with Crippen molar-refractivity contribution in [2.45, 2.75) is 38.0 Å². The third kappa shape index (κ3) is 4.10. The minimum atomic E-state index is -0.00805. The number of hydrogen-bond donors (Lipinski definition) is 1. The van der Waals surface area contributed by atoms with E-state index < -0.39 is 0 Å². The molecule has 4 rings (SSSR count). The number of rotatable bonds is 5. The highest BCUT2D eigenvalue weighted by atomic mass is 16.5. The van der Waals surface area contributed by atoms with Crippen molar-refractivity contribution in [1.82, 2.24) is 4.90 Å². The van der Waals surface area contributed by atoms with Crippen LogP contribution < -0.4 is 4.74 Å². The van der Waals surface area contributed by atoms with Crippen LogP contribution in [0.5, 0.6) is 5.75 Å². The lowest BCUT2D eigenvalue weighted by Crippen LogP contribution is -2.41. The van der Waals surface area contributed by atoms with Gasteiger partial charge in [-0.25, -0.2) is 0 Å². The molecule has 2 atom stereocenters. The smallest absolute Gasteiger partial charge is 0.254 e. The summed E-state index contributed by atoms with van der Waals surface area (Å²) in [5.74, 6) is 0.860. The average Bonchev–Trinajstić information content (AvgIpc) is 2.84. The summed E-state index contributed by atoms with van der Waals surface area (Å²) in [5.41, 5.74) is 3.81. The summed E-state index contributed by atoms with van der Waals surface area (Å²) in [6, 6.07) is 25.5. The Morgan fingerprint density at radius 2 is 1.47 bits per heavy atom. The molecule has 2 unspecified atom stereocenters. The third-order valence-corrected chi connectivity index (χ3v) is 5.93. The molecule has 0 aliphatic carbocycles. The number of nitrogens with zero attached hydrogens (tertiary/aromatic N) is 1. The summed E-state index contributed by atoms with van der Waals surface area (Å²) in [5, 5.41) is 9.39. The number of aliphatic hydroxyl groups is 1. The quantitative estimate of drug-likeness (QED) is 0.631. The molecule has 0 aromatic heterocycles. The Morgan fingerprint density at radius 3 is 2.00 bits per heavy atom. The van der Waals surface area contributed by atoms with Crippen molar-refractivity contribution >= 4 is 5.91 Å². The van der Waals surface area contributed by atoms with E-state index in [1.165, 1.54) is 0 Å². The molecule has 1 amide bonds. The third-order valence-electron chi connectivity index (χ3n) is 5.93. The molecule has 30 heavy (non-hydrogen) atoms. The number of amides is 1. The van der Waals surface area contributed by atoms with Gasteiger partial charge >= 0.3 is 0 Å². The first-order valence-corrected chi connectivity index (χ1v) is 10.4. The van der Waals surface area contributed by atoms with Crippen LogP contribution in [-0.2, 0) is 6.61 Å². The predicted octanol–water partition coefficient (Wildman–Crippen LogP) is 5.30. The lowest BCUT2D eigenvalue weighted by molar-refractivity contribution is 0.0440. The SMILES string of the molecule is COc1ccc(C2CCCC(c3ccc(CO)cc3)N2C(=O)c2ccccc2)cc1. The van der Waals surface area contributed by atoms with Crippen LogP contribution in [-0.4, -0.2) is 23.0 Å². The summed E-state index contributed by atoms with van der Waals surface area (Å²) >= 11 is 0. The van der Waals surface area contributed by atoms with Gasteiger partial charge in [0.2, 0.25) is 0 Å². The number of carbonyl (C=O) groups excluding carboxylic acids is 1. The highest BCUT2D eigenvalue weighted by Gasteiger charge is 2.36. The van der Waals surface area contributed by atoms with Crippen LogP contribution in [0.2, 0.25) is 0 Å². The molecule has 3 aromatic carbocycles. The second-order valence-electron chi connectivity index (χ2n) is 7.71. The Kier molecular flexibility index (Phi) is 6.15. The van der Waals surface area contributed by atoms with Crippen LogP contribution in [0.1, 0.15) is 58.4 Å². The predicted molar refractivity (Wildman–Crippen MR) is 117 cm³/mol. The van der Waals surface area contributed by atoms with Gasteiger partial charge in [0.05, 0.1) is 25.8 Å². The molecule has 1 heterocycles. The first kappa shape index (κ1) is 20.2. The van der Waals surface area contributed by atoms with Crippen LogP contribution in [0.25, 0.3) is 0 Å². The molecular weight excluding hydrogens is 374 g/mol. The van der Waals surface area contributed by atoms with E-state index in [9.17, 15) is 9.90 Å². The highest BCUT2D eigenvalue weighted by molar-refractivity contribution is 5.94. The zero-order valence-electron chi connectivity index (χ0n) is 17.2. The van der Waals surface area contributed by atoms with Crippen molar-refractivity contribution in [3.63, 3.8) is 0 Å². The van der Waals surface area contributed by atoms with Crippen LogP contribution in [0.15, 0.2) is 78.9 Å². The van der Waals surface area contributed by atoms with E-state index in [2.05, 4.69) is 17.0 Å². The molecule has 4 heteroatoms. The van der Waals surface area contributed by atoms with Gasteiger partial charge in [-0.05, 0) is 60.2 Å². The first-order chi connectivity index (χ1) is 14.7. The number of likely N-dealkylation sites (tertiary alicyclic amines) is 1. The van der Waals surface area contributed by atoms with Gasteiger partial charge in [-0.15, -0.1) is 0 Å². The van der Waals surface area contributed by atoms with Gasteiger partial charge in [0.25, 0.3) is 5.91 Å². The maximum atomic E-state index is 13.7. The van der Waals surface area contributed by atoms with E-state index in [0.29, 0.717) is 5.56 Å². The summed E-state index contributed by atoms with van der Waals surface area (Å²) in [4.78, 5) is 15.7. The van der Waals surface area contributed by atoms with E-state index in [0.717, 1.165) is 41.7 Å². The molecule has 1 saturated heterocycles. The molecular formula is C26H27NO3. The van der Waals surface area contributed by atoms with E-state index in [1.54, 1.807) is 7.11 Å². The molecule has 4 nitrogen and oxygen atoms in total. The van der Waals surface area contributed by atoms with Gasteiger partial charge in [0.1, 0.15) is 5.75 Å². The van der Waals surface area contributed by atoms with E-state index in [4.69, 9.17) is 4.74 Å². The average molecular weight is 402 g/mol. The Morgan fingerprint density at radius 1 is 0.900 bits per heavy atom. The zero-order chi connectivity index (χ0) is 20.9. The lowest BCUT2D eigenvalue weighted by atomic mass is 9.86. The molecule has 1 aliphatic heterocycles. The minimum Gasteiger partial charge on any atom is -0.497 e. The topological polar surface area (TPSA) is 49.8 Å². The van der Waals surface area contributed by atoms with Crippen LogP contribution in [0.4, 0.5) is 0 Å². The van der Waals surface area contributed by atoms with Crippen LogP contribution >= 0.6 is 0 Å². The number of methoxy groups -OCH3 is 1. The van der Waals surface area contributed by atoms with Crippen molar-refractivity contribution in [3.8, 4) is 5.75 Å². The van der Waals surface area contributed by atoms with Gasteiger partial charge in [-0.1, -0.05) is 54.6 Å². The Hall–Kier alpha value is -3.11. The molecule has 1 fully saturated rings. The number of piperidine rings is 1. The van der Waals surface area contributed by atoms with Crippen LogP contribution in [0.3, 0.4) is 0 Å². The van der Waals surface area contributed by atoms with Gasteiger partial charge in [-0.3, -0.25) is 4.79 Å². The normalized spacial score (nSPS) is 18.8. The van der Waals surface area contributed by atoms with Gasteiger partial charge in [-0.2, -0.15) is 0 Å². The van der Waals surface area contributed by atoms with E-state index >= 15 is 0 Å². The Labute approximate surface area is 177 Å². The molecule has 0 spiro atoms. The van der Waals surface area contributed by atoms with Crippen molar-refractivity contribution in [2.24, 2.45) is 0 Å². The number of ether oxygens (including phenoxy) is 1. The number of hydrogen-bond acceptors (Lipinski definition) is 3. The molecule has 0 radical (unpaired) electrons. The minimum absolute atomic E-state index is 0.000111. The Bertz CT molecular complexity index is 912. The second kappa shape index (κ2) is 9.14. The molecule has 1 N–H and O–H groups in total. The fourth-order valence-electron chi connectivity index (χ4n) is 4.34. The standard InChI is InChI=1S/C26H27NO3/c1-30-23-16-14-21(15-17-23)25-9-5-8-24(20-12-10-19(18-28)11-13-20)27(25)26(29)22-6-3-2-4-7-22/h2-4,6-7,10-17,24-25,28H,5,8-9,18H2,1H3. The zero-order valence-corrected chi connectivity index (χ0v) is 17.2. The van der Waals surface area contributed by atoms with E-state index in [-0.39, 0.29) is 24.6 Å². The molecule has 3 aromatic rings. The number of aliphatic hydroxyl groups excluding tert-OH is 1. The summed E-state index contributed by atoms with van der Waals surface area (Å²) in [7, 11) is 1.66. The molecule has 154 valence electrons. The fourth-order valence-corrected chi connectivity index (χ4v) is 4.34. The van der Waals surface area contributed by atoms with Crippen molar-refractivity contribution in [2.75, 3.05) is 7.11 Å². The van der Waals surface area contributed by atoms with Gasteiger partial charge in [0, 0.05) is 5.56 Å². The highest BCUT2D eigenvalue weighted by Crippen LogP contribution is 2.43. The van der Waals surface area contributed by atoms with Gasteiger partial charge < -0.3 is 14.7 Å². The Balaban J connectivity index is 1.74. The monoisotopic (exact) mass is 401 g/mol. The van der Waals surface area contributed by atoms with E-state index in [1.807, 2.05) is 66.7 Å².